The fraction of sp³-hybridized carbons (Fsp3) is 0.929. The summed E-state index contributed by atoms with van der Waals surface area (Å²) in [5, 5.41) is 3.34. The maximum atomic E-state index is 12.5. The molecule has 3 fully saturated rings. The first kappa shape index (κ1) is 19.0. The third kappa shape index (κ3) is 4.70. The minimum Gasteiger partial charge on any atom is -0.379 e. The summed E-state index contributed by atoms with van der Waals surface area (Å²) in [6.45, 7) is 7.55. The van der Waals surface area contributed by atoms with Crippen molar-refractivity contribution in [1.82, 2.24) is 15.1 Å². The Morgan fingerprint density at radius 2 is 1.86 bits per heavy atom. The number of morpholine rings is 1. The number of hydrogen-bond donors (Lipinski definition) is 1. The van der Waals surface area contributed by atoms with Gasteiger partial charge in [-0.25, -0.2) is 0 Å². The van der Waals surface area contributed by atoms with E-state index in [1.54, 1.807) is 0 Å². The molecule has 2 atom stereocenters. The minimum absolute atomic E-state index is 0. The number of nitrogens with zero attached hydrogens (tertiary/aromatic N) is 2. The van der Waals surface area contributed by atoms with Crippen molar-refractivity contribution in [3.8, 4) is 0 Å². The van der Waals surface area contributed by atoms with Crippen LogP contribution in [-0.4, -0.2) is 74.2 Å². The molecule has 0 spiro atoms. The van der Waals surface area contributed by atoms with Gasteiger partial charge >= 0.3 is 0 Å². The van der Waals surface area contributed by atoms with E-state index in [0.29, 0.717) is 11.9 Å². The van der Waals surface area contributed by atoms with Crippen molar-refractivity contribution in [2.75, 3.05) is 52.5 Å². The lowest BCUT2D eigenvalue weighted by molar-refractivity contribution is -0.135. The number of ether oxygens (including phenoxy) is 1. The quantitative estimate of drug-likeness (QED) is 0.806. The Balaban J connectivity index is 0.00000110. The zero-order chi connectivity index (χ0) is 13.1. The summed E-state index contributed by atoms with van der Waals surface area (Å²) in [5.74, 6) is 0.597. The average Bonchev–Trinajstić information content (AvgIpc) is 2.98. The van der Waals surface area contributed by atoms with Crippen molar-refractivity contribution < 1.29 is 9.53 Å². The summed E-state index contributed by atoms with van der Waals surface area (Å²) in [6.07, 6.45) is 3.33. The Labute approximate surface area is 139 Å². The van der Waals surface area contributed by atoms with Gasteiger partial charge in [-0.05, 0) is 25.8 Å². The molecule has 3 heterocycles. The number of hydrogen-bond acceptors (Lipinski definition) is 4. The van der Waals surface area contributed by atoms with Crippen LogP contribution in [0.4, 0.5) is 0 Å². The van der Waals surface area contributed by atoms with E-state index in [9.17, 15) is 4.79 Å². The van der Waals surface area contributed by atoms with Crippen LogP contribution in [0.5, 0.6) is 0 Å². The van der Waals surface area contributed by atoms with E-state index < -0.39 is 0 Å². The van der Waals surface area contributed by atoms with Crippen LogP contribution in [0.15, 0.2) is 0 Å². The third-order valence-corrected chi connectivity index (χ3v) is 4.68. The molecule has 5 nitrogen and oxygen atoms in total. The van der Waals surface area contributed by atoms with Gasteiger partial charge in [0.25, 0.3) is 0 Å². The second-order valence-corrected chi connectivity index (χ2v) is 5.92. The molecule has 0 saturated carbocycles. The zero-order valence-corrected chi connectivity index (χ0v) is 14.1. The van der Waals surface area contributed by atoms with Crippen molar-refractivity contribution in [3.05, 3.63) is 0 Å². The molecule has 0 aromatic rings. The number of piperidine rings is 1. The fourth-order valence-corrected chi connectivity index (χ4v) is 3.50. The topological polar surface area (TPSA) is 44.8 Å². The molecule has 0 aromatic heterocycles. The maximum Gasteiger partial charge on any atom is 0.227 e. The van der Waals surface area contributed by atoms with E-state index in [2.05, 4.69) is 15.1 Å². The van der Waals surface area contributed by atoms with Crippen molar-refractivity contribution in [1.29, 1.82) is 0 Å². The number of carbonyl (C=O) groups excluding carboxylic acids is 1. The molecule has 21 heavy (non-hydrogen) atoms. The highest BCUT2D eigenvalue weighted by Crippen LogP contribution is 2.21. The van der Waals surface area contributed by atoms with Crippen molar-refractivity contribution >= 4 is 30.7 Å². The second kappa shape index (κ2) is 9.16. The van der Waals surface area contributed by atoms with Crippen LogP contribution in [0.25, 0.3) is 0 Å². The molecule has 0 aliphatic carbocycles. The van der Waals surface area contributed by atoms with Gasteiger partial charge < -0.3 is 15.0 Å². The van der Waals surface area contributed by atoms with Crippen molar-refractivity contribution in [3.63, 3.8) is 0 Å². The van der Waals surface area contributed by atoms with E-state index in [-0.39, 0.29) is 30.7 Å². The molecular formula is C14H27Cl2N3O2. The molecule has 1 amide bonds. The number of rotatable bonds is 2. The van der Waals surface area contributed by atoms with Gasteiger partial charge in [0.05, 0.1) is 19.1 Å². The van der Waals surface area contributed by atoms with Gasteiger partial charge in [0, 0.05) is 38.8 Å². The molecule has 3 aliphatic heterocycles. The molecule has 0 bridgehead atoms. The molecule has 1 unspecified atom stereocenters. The molecule has 0 radical (unpaired) electrons. The Hall–Kier alpha value is -0.0700. The van der Waals surface area contributed by atoms with Gasteiger partial charge in [0.15, 0.2) is 0 Å². The second-order valence-electron chi connectivity index (χ2n) is 5.92. The summed E-state index contributed by atoms with van der Waals surface area (Å²) in [7, 11) is 0. The Morgan fingerprint density at radius 3 is 2.52 bits per heavy atom. The largest absolute Gasteiger partial charge is 0.379 e. The minimum atomic E-state index is 0. The van der Waals surface area contributed by atoms with Gasteiger partial charge in [-0.2, -0.15) is 0 Å². The molecule has 0 aromatic carbocycles. The van der Waals surface area contributed by atoms with Gasteiger partial charge in [0.2, 0.25) is 5.91 Å². The van der Waals surface area contributed by atoms with Gasteiger partial charge in [-0.1, -0.05) is 0 Å². The van der Waals surface area contributed by atoms with E-state index in [0.717, 1.165) is 71.7 Å². The lowest BCUT2D eigenvalue weighted by atomic mass is 9.98. The number of amides is 1. The first-order valence-electron chi connectivity index (χ1n) is 7.66. The number of carbonyl (C=O) groups is 1. The lowest BCUT2D eigenvalue weighted by Gasteiger charge is -2.32. The SMILES string of the molecule is Cl.Cl.O=C([C@@H]1CCCNC1)N1CCC(N2CCOCC2)C1. The standard InChI is InChI=1S/C14H25N3O2.2ClH/c18-14(12-2-1-4-15-10-12)17-5-3-13(11-17)16-6-8-19-9-7-16;;/h12-13,15H,1-11H2;2*1H/t12-,13?;;/m1../s1. The van der Waals surface area contributed by atoms with E-state index in [4.69, 9.17) is 4.74 Å². The first-order chi connectivity index (χ1) is 9.34. The zero-order valence-electron chi connectivity index (χ0n) is 12.5. The van der Waals surface area contributed by atoms with Crippen LogP contribution < -0.4 is 5.32 Å². The summed E-state index contributed by atoms with van der Waals surface area (Å²) < 4.78 is 5.40. The van der Waals surface area contributed by atoms with E-state index >= 15 is 0 Å². The summed E-state index contributed by atoms with van der Waals surface area (Å²) in [5.41, 5.74) is 0. The van der Waals surface area contributed by atoms with E-state index in [1.807, 2.05) is 0 Å². The molecule has 3 rings (SSSR count). The van der Waals surface area contributed by atoms with Crippen LogP contribution >= 0.6 is 24.8 Å². The van der Waals surface area contributed by atoms with Crippen LogP contribution in [0.2, 0.25) is 0 Å². The van der Waals surface area contributed by atoms with Gasteiger partial charge in [-0.15, -0.1) is 24.8 Å². The summed E-state index contributed by atoms with van der Waals surface area (Å²) >= 11 is 0. The first-order valence-corrected chi connectivity index (χ1v) is 7.66. The third-order valence-electron chi connectivity index (χ3n) is 4.68. The van der Waals surface area contributed by atoms with Gasteiger partial charge in [-0.3, -0.25) is 9.69 Å². The maximum absolute atomic E-state index is 12.5. The molecular weight excluding hydrogens is 313 g/mol. The Kier molecular flexibility index (Phi) is 8.27. The monoisotopic (exact) mass is 339 g/mol. The normalized spacial score (nSPS) is 30.4. The highest BCUT2D eigenvalue weighted by Gasteiger charge is 2.34. The molecule has 3 saturated heterocycles. The van der Waals surface area contributed by atoms with Crippen molar-refractivity contribution in [2.45, 2.75) is 25.3 Å². The van der Waals surface area contributed by atoms with Crippen LogP contribution in [0.1, 0.15) is 19.3 Å². The summed E-state index contributed by atoms with van der Waals surface area (Å²) in [6, 6.07) is 0.560. The lowest BCUT2D eigenvalue weighted by Crippen LogP contribution is -2.46. The highest BCUT2D eigenvalue weighted by molar-refractivity contribution is 5.85. The van der Waals surface area contributed by atoms with E-state index in [1.165, 1.54) is 0 Å². The average molecular weight is 340 g/mol. The van der Waals surface area contributed by atoms with Crippen LogP contribution in [0.3, 0.4) is 0 Å². The Morgan fingerprint density at radius 1 is 1.10 bits per heavy atom. The molecule has 124 valence electrons. The van der Waals surface area contributed by atoms with Crippen LogP contribution in [-0.2, 0) is 9.53 Å². The number of nitrogens with one attached hydrogen (secondary N) is 1. The highest BCUT2D eigenvalue weighted by atomic mass is 35.5. The number of halogens is 2. The van der Waals surface area contributed by atoms with Gasteiger partial charge in [0.1, 0.15) is 0 Å². The predicted molar refractivity (Wildman–Crippen MR) is 87.5 cm³/mol. The summed E-state index contributed by atoms with van der Waals surface area (Å²) in [4.78, 5) is 17.1. The molecule has 1 N–H and O–H groups in total. The fourth-order valence-electron chi connectivity index (χ4n) is 3.50. The smallest absolute Gasteiger partial charge is 0.227 e. The Bertz CT molecular complexity index is 321. The van der Waals surface area contributed by atoms with Crippen LogP contribution in [0, 0.1) is 5.92 Å². The molecule has 7 heteroatoms. The number of likely N-dealkylation sites (tertiary alicyclic amines) is 1. The molecule has 3 aliphatic rings. The predicted octanol–water partition coefficient (Wildman–Crippen LogP) is 0.763. The van der Waals surface area contributed by atoms with Crippen molar-refractivity contribution in [2.24, 2.45) is 5.92 Å².